The van der Waals surface area contributed by atoms with Crippen molar-refractivity contribution >= 4 is 59.3 Å². The van der Waals surface area contributed by atoms with E-state index in [1.165, 1.54) is 103 Å². The summed E-state index contributed by atoms with van der Waals surface area (Å²) in [5.41, 5.74) is 18.5. The van der Waals surface area contributed by atoms with Gasteiger partial charge in [0, 0.05) is 31.5 Å². The van der Waals surface area contributed by atoms with Gasteiger partial charge in [0.15, 0.2) is 0 Å². The van der Waals surface area contributed by atoms with Crippen molar-refractivity contribution in [2.75, 3.05) is 4.90 Å². The van der Waals surface area contributed by atoms with E-state index in [-0.39, 0.29) is 0 Å². The van der Waals surface area contributed by atoms with Crippen molar-refractivity contribution in [2.24, 2.45) is 0 Å². The first-order valence-corrected chi connectivity index (χ1v) is 21.9. The summed E-state index contributed by atoms with van der Waals surface area (Å²) < 4.78 is 2.62. The van der Waals surface area contributed by atoms with Crippen LogP contribution < -0.4 is 4.90 Å². The second-order valence-corrected chi connectivity index (χ2v) is 17.4. The molecule has 2 aliphatic rings. The predicted octanol–water partition coefficient (Wildman–Crippen LogP) is 16.4. The summed E-state index contributed by atoms with van der Waals surface area (Å²) in [5.74, 6) is 0. The molecule has 11 aromatic rings. The Balaban J connectivity index is 1.12. The van der Waals surface area contributed by atoms with Crippen LogP contribution in [-0.2, 0) is 5.41 Å². The highest BCUT2D eigenvalue weighted by Crippen LogP contribution is 2.63. The zero-order valence-corrected chi connectivity index (χ0v) is 34.0. The number of hydrogen-bond acceptors (Lipinski definition) is 2. The third kappa shape index (κ3) is 4.88. The van der Waals surface area contributed by atoms with Gasteiger partial charge in [-0.25, -0.2) is 0 Å². The normalized spacial score (nSPS) is 13.0. The minimum Gasteiger partial charge on any atom is -0.310 e. The van der Waals surface area contributed by atoms with Crippen molar-refractivity contribution in [3.05, 3.63) is 247 Å². The summed E-state index contributed by atoms with van der Waals surface area (Å²) in [6, 6.07) is 83.5. The van der Waals surface area contributed by atoms with E-state index >= 15 is 0 Å². The maximum Gasteiger partial charge on any atom is 0.0726 e. The average molecular weight is 792 g/mol. The van der Waals surface area contributed by atoms with E-state index in [1.54, 1.807) is 0 Å². The highest BCUT2D eigenvalue weighted by molar-refractivity contribution is 7.27. The Morgan fingerprint density at radius 3 is 1.52 bits per heavy atom. The van der Waals surface area contributed by atoms with Crippen molar-refractivity contribution in [1.29, 1.82) is 0 Å². The Bertz CT molecular complexity index is 3460. The Hall–Kier alpha value is -7.52. The van der Waals surface area contributed by atoms with Crippen LogP contribution in [0.15, 0.2) is 224 Å². The molecule has 1 aromatic heterocycles. The van der Waals surface area contributed by atoms with Crippen molar-refractivity contribution < 1.29 is 0 Å². The fraction of sp³-hybridized carbons (Fsp3) is 0.0169. The topological polar surface area (TPSA) is 3.24 Å². The van der Waals surface area contributed by atoms with E-state index in [0.29, 0.717) is 0 Å². The third-order valence-corrected chi connectivity index (χ3v) is 14.6. The lowest BCUT2D eigenvalue weighted by Gasteiger charge is -2.32. The smallest absolute Gasteiger partial charge is 0.0726 e. The summed E-state index contributed by atoms with van der Waals surface area (Å²) in [6.07, 6.45) is 0. The standard InChI is InChI=1S/C59H37NS/c1-3-15-38(16-4-1)39-27-30-42(31-28-39)60(55-36-35-45(40-17-5-2-6-18-40)58-56(55)50-33-29-41-19-7-8-20-44(41)57(50)61-58)43-32-34-49-48-23-11-14-26-53(48)59(54(49)37-43)51-24-12-9-21-46(51)47-22-10-13-25-52(47)59/h1-37H. The molecule has 10 aromatic carbocycles. The van der Waals surface area contributed by atoms with Gasteiger partial charge in [-0.1, -0.05) is 194 Å². The van der Waals surface area contributed by atoms with Gasteiger partial charge < -0.3 is 4.90 Å². The van der Waals surface area contributed by atoms with Gasteiger partial charge in [-0.05, 0) is 108 Å². The minimum atomic E-state index is -0.446. The molecule has 0 N–H and O–H groups in total. The average Bonchev–Trinajstić information content (AvgIpc) is 3.97. The van der Waals surface area contributed by atoms with Gasteiger partial charge in [-0.3, -0.25) is 0 Å². The molecule has 1 spiro atoms. The molecule has 284 valence electrons. The molecular weight excluding hydrogens is 755 g/mol. The number of fused-ring (bicyclic) bond motifs is 15. The molecule has 0 bridgehead atoms. The molecule has 2 heteroatoms. The van der Waals surface area contributed by atoms with Crippen molar-refractivity contribution in [1.82, 2.24) is 0 Å². The number of benzene rings is 10. The lowest BCUT2D eigenvalue weighted by Crippen LogP contribution is -2.26. The summed E-state index contributed by atoms with van der Waals surface area (Å²) in [5, 5.41) is 5.11. The number of anilines is 3. The monoisotopic (exact) mass is 791 g/mol. The van der Waals surface area contributed by atoms with Crippen LogP contribution in [-0.4, -0.2) is 0 Å². The van der Waals surface area contributed by atoms with Gasteiger partial charge in [0.05, 0.1) is 11.1 Å². The Morgan fingerprint density at radius 2 is 0.852 bits per heavy atom. The lowest BCUT2D eigenvalue weighted by atomic mass is 9.70. The van der Waals surface area contributed by atoms with Gasteiger partial charge >= 0.3 is 0 Å². The Kier molecular flexibility index (Phi) is 7.46. The van der Waals surface area contributed by atoms with Crippen LogP contribution in [0.1, 0.15) is 22.3 Å². The molecule has 61 heavy (non-hydrogen) atoms. The van der Waals surface area contributed by atoms with E-state index in [4.69, 9.17) is 0 Å². The first kappa shape index (κ1) is 34.4. The zero-order chi connectivity index (χ0) is 40.1. The van der Waals surface area contributed by atoms with Crippen molar-refractivity contribution in [3.8, 4) is 44.5 Å². The maximum atomic E-state index is 2.52. The second kappa shape index (κ2) is 13.2. The first-order chi connectivity index (χ1) is 30.3. The summed E-state index contributed by atoms with van der Waals surface area (Å²) in [4.78, 5) is 2.52. The highest BCUT2D eigenvalue weighted by atomic mass is 32.1. The SMILES string of the molecule is c1ccc(-c2ccc(N(c3ccc4c(c3)C3(c5ccccc5-c5ccccc53)c3ccccc3-4)c3ccc(-c4ccccc4)c4sc5c6ccccc6ccc5c34)cc2)cc1. The van der Waals surface area contributed by atoms with Gasteiger partial charge in [0.1, 0.15) is 0 Å². The summed E-state index contributed by atoms with van der Waals surface area (Å²) in [6.45, 7) is 0. The Morgan fingerprint density at radius 1 is 0.328 bits per heavy atom. The maximum absolute atomic E-state index is 2.52. The number of nitrogens with zero attached hydrogens (tertiary/aromatic N) is 1. The lowest BCUT2D eigenvalue weighted by molar-refractivity contribution is 0.793. The molecular formula is C59H37NS. The third-order valence-electron chi connectivity index (χ3n) is 13.3. The van der Waals surface area contributed by atoms with Gasteiger partial charge in [0.2, 0.25) is 0 Å². The largest absolute Gasteiger partial charge is 0.310 e. The predicted molar refractivity (Wildman–Crippen MR) is 259 cm³/mol. The summed E-state index contributed by atoms with van der Waals surface area (Å²) in [7, 11) is 0. The van der Waals surface area contributed by atoms with Gasteiger partial charge in [-0.2, -0.15) is 0 Å². The molecule has 1 heterocycles. The molecule has 0 radical (unpaired) electrons. The molecule has 1 nitrogen and oxygen atoms in total. The van der Waals surface area contributed by atoms with Crippen molar-refractivity contribution in [3.63, 3.8) is 0 Å². The fourth-order valence-electron chi connectivity index (χ4n) is 10.7. The van der Waals surface area contributed by atoms with Crippen LogP contribution >= 0.6 is 11.3 Å². The van der Waals surface area contributed by atoms with Crippen LogP contribution in [0.5, 0.6) is 0 Å². The molecule has 0 saturated carbocycles. The zero-order valence-electron chi connectivity index (χ0n) is 33.2. The second-order valence-electron chi connectivity index (χ2n) is 16.3. The van der Waals surface area contributed by atoms with Crippen LogP contribution in [0.3, 0.4) is 0 Å². The minimum absolute atomic E-state index is 0.446. The molecule has 0 saturated heterocycles. The molecule has 0 aliphatic heterocycles. The van der Waals surface area contributed by atoms with E-state index in [0.717, 1.165) is 11.4 Å². The van der Waals surface area contributed by atoms with E-state index in [9.17, 15) is 0 Å². The van der Waals surface area contributed by atoms with Gasteiger partial charge in [-0.15, -0.1) is 11.3 Å². The Labute approximate surface area is 359 Å². The molecule has 0 amide bonds. The van der Waals surface area contributed by atoms with Crippen LogP contribution in [0.4, 0.5) is 17.1 Å². The summed E-state index contributed by atoms with van der Waals surface area (Å²) >= 11 is 1.92. The molecule has 2 aliphatic carbocycles. The fourth-order valence-corrected chi connectivity index (χ4v) is 12.1. The molecule has 0 atom stereocenters. The van der Waals surface area contributed by atoms with Crippen molar-refractivity contribution in [2.45, 2.75) is 5.41 Å². The molecule has 0 unspecified atom stereocenters. The van der Waals surface area contributed by atoms with Gasteiger partial charge in [0.25, 0.3) is 0 Å². The van der Waals surface area contributed by atoms with Crippen LogP contribution in [0.25, 0.3) is 75.5 Å². The van der Waals surface area contributed by atoms with Crippen LogP contribution in [0, 0.1) is 0 Å². The first-order valence-electron chi connectivity index (χ1n) is 21.1. The van der Waals surface area contributed by atoms with Crippen LogP contribution in [0.2, 0.25) is 0 Å². The highest BCUT2D eigenvalue weighted by Gasteiger charge is 2.51. The number of hydrogen-bond donors (Lipinski definition) is 0. The van der Waals surface area contributed by atoms with E-state index < -0.39 is 5.41 Å². The number of thiophene rings is 1. The number of rotatable bonds is 5. The van der Waals surface area contributed by atoms with E-state index in [2.05, 4.69) is 229 Å². The van der Waals surface area contributed by atoms with E-state index in [1.807, 2.05) is 11.3 Å². The molecule has 0 fully saturated rings. The molecule has 13 rings (SSSR count). The quantitative estimate of drug-likeness (QED) is 0.168.